The highest BCUT2D eigenvalue weighted by Gasteiger charge is 2.14. The summed E-state index contributed by atoms with van der Waals surface area (Å²) in [5.41, 5.74) is 0. The first kappa shape index (κ1) is 8.77. The second-order valence-corrected chi connectivity index (χ2v) is 2.53. The van der Waals surface area contributed by atoms with Crippen LogP contribution in [0.15, 0.2) is 6.33 Å². The third-order valence-corrected chi connectivity index (χ3v) is 1.35. The molecule has 0 N–H and O–H groups in total. The Hall–Kier alpha value is -1.33. The fourth-order valence-corrected chi connectivity index (χ4v) is 0.827. The number of hydrogen-bond donors (Lipinski definition) is 0. The number of hydrogen-bond acceptors (Lipinski definition) is 4. The van der Waals surface area contributed by atoms with Crippen LogP contribution in [0.2, 0.25) is 0 Å². The largest absolute Gasteiger partial charge is 0.538 e. The van der Waals surface area contributed by atoms with E-state index in [-0.39, 0.29) is 11.9 Å². The van der Waals surface area contributed by atoms with Gasteiger partial charge in [-0.05, 0) is 13.8 Å². The molecule has 1 rings (SSSR count). The zero-order valence-electron chi connectivity index (χ0n) is 6.89. The Labute approximate surface area is 71.2 Å². The lowest BCUT2D eigenvalue weighted by molar-refractivity contribution is 0.0728. The molecule has 0 saturated heterocycles. The van der Waals surface area contributed by atoms with Gasteiger partial charge in [-0.15, -0.1) is 0 Å². The standard InChI is InChI=1S/C6H8BN3O2/c1-4(2)10-5(6(11)12-7)8-3-9-10/h3-4H,1-2H3. The van der Waals surface area contributed by atoms with E-state index in [1.807, 2.05) is 13.8 Å². The Bertz CT molecular complexity index is 284. The number of nitrogens with zero attached hydrogens (tertiary/aromatic N) is 3. The molecular formula is C6H8BN3O2. The summed E-state index contributed by atoms with van der Waals surface area (Å²) in [7, 11) is 4.70. The molecule has 0 atom stereocenters. The third-order valence-electron chi connectivity index (χ3n) is 1.35. The van der Waals surface area contributed by atoms with Crippen LogP contribution in [0.3, 0.4) is 0 Å². The Balaban J connectivity index is 2.99. The molecule has 2 radical (unpaired) electrons. The Morgan fingerprint density at radius 1 is 1.75 bits per heavy atom. The summed E-state index contributed by atoms with van der Waals surface area (Å²) in [4.78, 5) is 14.6. The van der Waals surface area contributed by atoms with Gasteiger partial charge in [0, 0.05) is 6.04 Å². The number of carbonyl (C=O) groups excluding carboxylic acids is 1. The summed E-state index contributed by atoms with van der Waals surface area (Å²) in [5.74, 6) is -0.561. The Morgan fingerprint density at radius 2 is 2.42 bits per heavy atom. The van der Waals surface area contributed by atoms with E-state index >= 15 is 0 Å². The summed E-state index contributed by atoms with van der Waals surface area (Å²) in [6, 6.07) is 0.0570. The molecule has 0 aliphatic rings. The molecule has 0 amide bonds. The molecule has 0 aliphatic carbocycles. The van der Waals surface area contributed by atoms with E-state index in [4.69, 9.17) is 8.05 Å². The van der Waals surface area contributed by atoms with Crippen molar-refractivity contribution >= 4 is 14.0 Å². The van der Waals surface area contributed by atoms with Crippen molar-refractivity contribution < 1.29 is 9.45 Å². The zero-order valence-corrected chi connectivity index (χ0v) is 6.89. The maximum atomic E-state index is 10.9. The highest BCUT2D eigenvalue weighted by molar-refractivity contribution is 6.08. The maximum Gasteiger partial charge on any atom is 0.379 e. The minimum absolute atomic E-state index is 0.0570. The lowest BCUT2D eigenvalue weighted by Gasteiger charge is -2.06. The van der Waals surface area contributed by atoms with Gasteiger partial charge in [0.1, 0.15) is 6.33 Å². The predicted octanol–water partition coefficient (Wildman–Crippen LogP) is 0.0993. The van der Waals surface area contributed by atoms with Crippen molar-refractivity contribution in [2.24, 2.45) is 0 Å². The molecule has 0 spiro atoms. The van der Waals surface area contributed by atoms with E-state index < -0.39 is 5.97 Å². The second-order valence-electron chi connectivity index (χ2n) is 2.53. The van der Waals surface area contributed by atoms with E-state index in [0.29, 0.717) is 0 Å². The summed E-state index contributed by atoms with van der Waals surface area (Å²) < 4.78 is 5.46. The van der Waals surface area contributed by atoms with Gasteiger partial charge >= 0.3 is 14.0 Å². The topological polar surface area (TPSA) is 57.0 Å². The van der Waals surface area contributed by atoms with Crippen LogP contribution in [-0.2, 0) is 4.65 Å². The minimum atomic E-state index is -0.679. The monoisotopic (exact) mass is 165 g/mol. The van der Waals surface area contributed by atoms with Gasteiger partial charge in [-0.25, -0.2) is 14.5 Å². The van der Waals surface area contributed by atoms with E-state index in [0.717, 1.165) is 0 Å². The molecule has 1 aromatic rings. The third kappa shape index (κ3) is 1.47. The molecule has 5 nitrogen and oxygen atoms in total. The van der Waals surface area contributed by atoms with Gasteiger partial charge in [0.25, 0.3) is 0 Å². The number of carbonyl (C=O) groups is 1. The molecule has 0 unspecified atom stereocenters. The Kier molecular flexibility index (Phi) is 2.47. The average molecular weight is 165 g/mol. The molecule has 1 heterocycles. The van der Waals surface area contributed by atoms with E-state index in [9.17, 15) is 4.79 Å². The fourth-order valence-electron chi connectivity index (χ4n) is 0.827. The first-order chi connectivity index (χ1) is 5.66. The van der Waals surface area contributed by atoms with E-state index in [2.05, 4.69) is 14.7 Å². The van der Waals surface area contributed by atoms with Crippen molar-refractivity contribution in [1.82, 2.24) is 14.8 Å². The van der Waals surface area contributed by atoms with Crippen LogP contribution < -0.4 is 0 Å². The van der Waals surface area contributed by atoms with Crippen LogP contribution >= 0.6 is 0 Å². The lowest BCUT2D eigenvalue weighted by atomic mass is 10.4. The van der Waals surface area contributed by atoms with Crippen LogP contribution in [0.25, 0.3) is 0 Å². The van der Waals surface area contributed by atoms with Crippen LogP contribution in [0.5, 0.6) is 0 Å². The average Bonchev–Trinajstić information content (AvgIpc) is 2.50. The van der Waals surface area contributed by atoms with E-state index in [1.165, 1.54) is 11.0 Å². The van der Waals surface area contributed by atoms with Gasteiger partial charge in [-0.3, -0.25) is 0 Å². The quantitative estimate of drug-likeness (QED) is 0.583. The summed E-state index contributed by atoms with van der Waals surface area (Å²) in [6.45, 7) is 3.75. The van der Waals surface area contributed by atoms with Crippen LogP contribution in [0, 0.1) is 0 Å². The normalized spacial score (nSPS) is 10.2. The molecular weight excluding hydrogens is 157 g/mol. The number of rotatable bonds is 2. The van der Waals surface area contributed by atoms with Crippen molar-refractivity contribution in [2.75, 3.05) is 0 Å². The smallest absolute Gasteiger partial charge is 0.379 e. The summed E-state index contributed by atoms with van der Waals surface area (Å²) in [6.07, 6.45) is 1.28. The van der Waals surface area contributed by atoms with Crippen molar-refractivity contribution in [2.45, 2.75) is 19.9 Å². The van der Waals surface area contributed by atoms with Gasteiger partial charge < -0.3 is 4.65 Å². The zero-order chi connectivity index (χ0) is 9.14. The lowest BCUT2D eigenvalue weighted by Crippen LogP contribution is -2.15. The van der Waals surface area contributed by atoms with E-state index in [1.54, 1.807) is 0 Å². The second kappa shape index (κ2) is 3.38. The van der Waals surface area contributed by atoms with Gasteiger partial charge in [-0.1, -0.05) is 0 Å². The Morgan fingerprint density at radius 3 is 2.92 bits per heavy atom. The first-order valence-corrected chi connectivity index (χ1v) is 3.47. The molecule has 0 fully saturated rings. The van der Waals surface area contributed by atoms with Crippen LogP contribution in [-0.4, -0.2) is 28.8 Å². The van der Waals surface area contributed by atoms with Crippen molar-refractivity contribution in [3.63, 3.8) is 0 Å². The maximum absolute atomic E-state index is 10.9. The van der Waals surface area contributed by atoms with Crippen molar-refractivity contribution in [1.29, 1.82) is 0 Å². The van der Waals surface area contributed by atoms with Crippen molar-refractivity contribution in [3.8, 4) is 0 Å². The highest BCUT2D eigenvalue weighted by Crippen LogP contribution is 2.05. The first-order valence-electron chi connectivity index (χ1n) is 3.47. The summed E-state index contributed by atoms with van der Waals surface area (Å²) >= 11 is 0. The van der Waals surface area contributed by atoms with Gasteiger partial charge in [-0.2, -0.15) is 5.10 Å². The SMILES string of the molecule is [B]OC(=O)c1ncnn1C(C)C. The van der Waals surface area contributed by atoms with Gasteiger partial charge in [0.15, 0.2) is 0 Å². The molecule has 12 heavy (non-hydrogen) atoms. The summed E-state index contributed by atoms with van der Waals surface area (Å²) in [5, 5.41) is 3.83. The molecule has 6 heteroatoms. The number of aromatic nitrogens is 3. The highest BCUT2D eigenvalue weighted by atomic mass is 16.5. The molecule has 1 aromatic heterocycles. The fraction of sp³-hybridized carbons (Fsp3) is 0.500. The van der Waals surface area contributed by atoms with Gasteiger partial charge in [0.05, 0.1) is 0 Å². The molecule has 0 bridgehead atoms. The molecule has 0 saturated carbocycles. The van der Waals surface area contributed by atoms with Gasteiger partial charge in [0.2, 0.25) is 5.82 Å². The molecule has 62 valence electrons. The minimum Gasteiger partial charge on any atom is -0.538 e. The predicted molar refractivity (Wildman–Crippen MR) is 41.6 cm³/mol. The van der Waals surface area contributed by atoms with Crippen LogP contribution in [0.4, 0.5) is 0 Å². The molecule has 0 aromatic carbocycles. The molecule has 0 aliphatic heterocycles. The van der Waals surface area contributed by atoms with Crippen LogP contribution in [0.1, 0.15) is 30.5 Å². The van der Waals surface area contributed by atoms with Crippen molar-refractivity contribution in [3.05, 3.63) is 12.2 Å².